The Hall–Kier alpha value is -1.40. The Morgan fingerprint density at radius 1 is 1.36 bits per heavy atom. The van der Waals surface area contributed by atoms with Gasteiger partial charge in [0.2, 0.25) is 5.91 Å². The first-order valence-electron chi connectivity index (χ1n) is 4.07. The zero-order valence-corrected chi connectivity index (χ0v) is 7.82. The molecule has 0 bridgehead atoms. The Morgan fingerprint density at radius 2 is 2.07 bits per heavy atom. The van der Waals surface area contributed by atoms with Crippen LogP contribution in [0.15, 0.2) is 12.7 Å². The lowest BCUT2D eigenvalue weighted by atomic mass is 10.4. The predicted octanol–water partition coefficient (Wildman–Crippen LogP) is -0.888. The summed E-state index contributed by atoms with van der Waals surface area (Å²) in [7, 11) is 0. The van der Waals surface area contributed by atoms with Crippen LogP contribution in [0.3, 0.4) is 0 Å². The summed E-state index contributed by atoms with van der Waals surface area (Å²) in [5, 5.41) is 0. The molecule has 80 valence electrons. The van der Waals surface area contributed by atoms with Gasteiger partial charge in [0.1, 0.15) is 6.61 Å². The van der Waals surface area contributed by atoms with Crippen molar-refractivity contribution in [1.82, 2.24) is 5.43 Å². The molecule has 14 heavy (non-hydrogen) atoms. The van der Waals surface area contributed by atoms with Gasteiger partial charge in [-0.3, -0.25) is 10.2 Å². The van der Waals surface area contributed by atoms with Crippen molar-refractivity contribution >= 4 is 11.9 Å². The molecule has 0 aromatic heterocycles. The SMILES string of the molecule is C=CC(=O)OCCOCCC(=O)NN. The third-order valence-corrected chi connectivity index (χ3v) is 1.27. The molecule has 0 spiro atoms. The fourth-order valence-corrected chi connectivity index (χ4v) is 0.599. The van der Waals surface area contributed by atoms with Crippen LogP contribution >= 0.6 is 0 Å². The molecule has 0 aliphatic rings. The molecule has 0 aliphatic heterocycles. The summed E-state index contributed by atoms with van der Waals surface area (Å²) in [6.45, 7) is 3.87. The van der Waals surface area contributed by atoms with E-state index in [-0.39, 0.29) is 32.1 Å². The summed E-state index contributed by atoms with van der Waals surface area (Å²) in [6, 6.07) is 0. The van der Waals surface area contributed by atoms with E-state index in [2.05, 4.69) is 11.3 Å². The quantitative estimate of drug-likeness (QED) is 0.140. The highest BCUT2D eigenvalue weighted by Crippen LogP contribution is 1.84. The van der Waals surface area contributed by atoms with E-state index in [0.717, 1.165) is 6.08 Å². The molecule has 0 fully saturated rings. The lowest BCUT2D eigenvalue weighted by Crippen LogP contribution is -2.30. The number of nitrogens with two attached hydrogens (primary N) is 1. The third-order valence-electron chi connectivity index (χ3n) is 1.27. The molecule has 0 aliphatic carbocycles. The van der Waals surface area contributed by atoms with Crippen molar-refractivity contribution in [2.45, 2.75) is 6.42 Å². The minimum absolute atomic E-state index is 0.148. The zero-order valence-electron chi connectivity index (χ0n) is 7.82. The van der Waals surface area contributed by atoms with Crippen molar-refractivity contribution < 1.29 is 19.1 Å². The Kier molecular flexibility index (Phi) is 7.39. The molecule has 0 saturated heterocycles. The maximum Gasteiger partial charge on any atom is 0.330 e. The molecule has 0 radical (unpaired) electrons. The first-order valence-corrected chi connectivity index (χ1v) is 4.07. The van der Waals surface area contributed by atoms with Gasteiger partial charge in [0.05, 0.1) is 19.6 Å². The first kappa shape index (κ1) is 12.6. The average Bonchev–Trinajstić information content (AvgIpc) is 2.22. The van der Waals surface area contributed by atoms with Crippen LogP contribution in [0.5, 0.6) is 0 Å². The lowest BCUT2D eigenvalue weighted by molar-refractivity contribution is -0.139. The van der Waals surface area contributed by atoms with Gasteiger partial charge in [0.15, 0.2) is 0 Å². The molecule has 0 aromatic carbocycles. The summed E-state index contributed by atoms with van der Waals surface area (Å²) >= 11 is 0. The minimum atomic E-state index is -0.492. The van der Waals surface area contributed by atoms with E-state index < -0.39 is 5.97 Å². The van der Waals surface area contributed by atoms with Crippen LogP contribution in [0.1, 0.15) is 6.42 Å². The van der Waals surface area contributed by atoms with E-state index in [1.54, 1.807) is 0 Å². The number of nitrogens with one attached hydrogen (secondary N) is 1. The van der Waals surface area contributed by atoms with E-state index >= 15 is 0 Å². The Balaban J connectivity index is 3.18. The summed E-state index contributed by atoms with van der Waals surface area (Å²) in [5.41, 5.74) is 1.97. The van der Waals surface area contributed by atoms with E-state index in [0.29, 0.717) is 0 Å². The molecule has 6 heteroatoms. The van der Waals surface area contributed by atoms with E-state index in [4.69, 9.17) is 10.6 Å². The second-order valence-corrected chi connectivity index (χ2v) is 2.30. The highest BCUT2D eigenvalue weighted by molar-refractivity contribution is 5.81. The fourth-order valence-electron chi connectivity index (χ4n) is 0.599. The lowest BCUT2D eigenvalue weighted by Gasteiger charge is -2.03. The van der Waals surface area contributed by atoms with Gasteiger partial charge >= 0.3 is 5.97 Å². The average molecular weight is 202 g/mol. The number of hydrogen-bond acceptors (Lipinski definition) is 5. The highest BCUT2D eigenvalue weighted by atomic mass is 16.6. The molecular formula is C8H14N2O4. The van der Waals surface area contributed by atoms with Crippen LogP contribution in [0, 0.1) is 0 Å². The number of esters is 1. The number of carbonyl (C=O) groups excluding carboxylic acids is 2. The number of amides is 1. The van der Waals surface area contributed by atoms with Crippen molar-refractivity contribution in [3.05, 3.63) is 12.7 Å². The molecule has 6 nitrogen and oxygen atoms in total. The number of carbonyl (C=O) groups is 2. The monoisotopic (exact) mass is 202 g/mol. The molecule has 0 heterocycles. The summed E-state index contributed by atoms with van der Waals surface area (Å²) < 4.78 is 9.59. The fraction of sp³-hybridized carbons (Fsp3) is 0.500. The van der Waals surface area contributed by atoms with Crippen LogP contribution in [0.2, 0.25) is 0 Å². The van der Waals surface area contributed by atoms with E-state index in [1.165, 1.54) is 0 Å². The Bertz CT molecular complexity index is 206. The van der Waals surface area contributed by atoms with Crippen molar-refractivity contribution in [2.75, 3.05) is 19.8 Å². The first-order chi connectivity index (χ1) is 6.70. The molecule has 0 saturated carbocycles. The smallest absolute Gasteiger partial charge is 0.330 e. The van der Waals surface area contributed by atoms with Crippen LogP contribution in [0.4, 0.5) is 0 Å². The van der Waals surface area contributed by atoms with Gasteiger partial charge in [-0.1, -0.05) is 6.58 Å². The van der Waals surface area contributed by atoms with Crippen LogP contribution in [0.25, 0.3) is 0 Å². The molecule has 0 rings (SSSR count). The van der Waals surface area contributed by atoms with Crippen LogP contribution < -0.4 is 11.3 Å². The van der Waals surface area contributed by atoms with E-state index in [1.807, 2.05) is 5.43 Å². The van der Waals surface area contributed by atoms with Gasteiger partial charge in [-0.05, 0) is 0 Å². The van der Waals surface area contributed by atoms with Gasteiger partial charge < -0.3 is 9.47 Å². The predicted molar refractivity (Wildman–Crippen MR) is 48.9 cm³/mol. The minimum Gasteiger partial charge on any atom is -0.460 e. The van der Waals surface area contributed by atoms with Crippen molar-refractivity contribution in [3.63, 3.8) is 0 Å². The highest BCUT2D eigenvalue weighted by Gasteiger charge is 1.98. The summed E-state index contributed by atoms with van der Waals surface area (Å²) in [6.07, 6.45) is 1.26. The molecular weight excluding hydrogens is 188 g/mol. The van der Waals surface area contributed by atoms with Crippen molar-refractivity contribution in [2.24, 2.45) is 5.84 Å². The maximum absolute atomic E-state index is 10.6. The molecule has 0 unspecified atom stereocenters. The second-order valence-electron chi connectivity index (χ2n) is 2.30. The van der Waals surface area contributed by atoms with Gasteiger partial charge in [-0.2, -0.15) is 0 Å². The third kappa shape index (κ3) is 7.26. The molecule has 0 atom stereocenters. The zero-order chi connectivity index (χ0) is 10.8. The largest absolute Gasteiger partial charge is 0.460 e. The van der Waals surface area contributed by atoms with Gasteiger partial charge in [-0.25, -0.2) is 10.6 Å². The van der Waals surface area contributed by atoms with Crippen LogP contribution in [-0.2, 0) is 19.1 Å². The number of hydrogen-bond donors (Lipinski definition) is 2. The summed E-state index contributed by atoms with van der Waals surface area (Å²) in [4.78, 5) is 21.1. The van der Waals surface area contributed by atoms with E-state index in [9.17, 15) is 9.59 Å². The molecule has 1 amide bonds. The maximum atomic E-state index is 10.6. The summed E-state index contributed by atoms with van der Waals surface area (Å²) in [5.74, 6) is 4.04. The van der Waals surface area contributed by atoms with Gasteiger partial charge in [0.25, 0.3) is 0 Å². The number of ether oxygens (including phenoxy) is 2. The second kappa shape index (κ2) is 8.21. The number of rotatable bonds is 7. The van der Waals surface area contributed by atoms with Gasteiger partial charge in [-0.15, -0.1) is 0 Å². The van der Waals surface area contributed by atoms with Crippen molar-refractivity contribution in [1.29, 1.82) is 0 Å². The normalized spacial score (nSPS) is 9.21. The Morgan fingerprint density at radius 3 is 2.64 bits per heavy atom. The van der Waals surface area contributed by atoms with Crippen LogP contribution in [-0.4, -0.2) is 31.7 Å². The van der Waals surface area contributed by atoms with Gasteiger partial charge in [0, 0.05) is 6.08 Å². The molecule has 3 N–H and O–H groups in total. The Labute approximate surface area is 82.0 Å². The number of hydrazine groups is 1. The standard InChI is InChI=1S/C8H14N2O4/c1-2-8(12)14-6-5-13-4-3-7(11)10-9/h2H,1,3-6,9H2,(H,10,11). The van der Waals surface area contributed by atoms with Crippen molar-refractivity contribution in [3.8, 4) is 0 Å². The topological polar surface area (TPSA) is 90.6 Å². The molecule has 0 aromatic rings.